The van der Waals surface area contributed by atoms with Gasteiger partial charge in [-0.3, -0.25) is 0 Å². The third-order valence-electron chi connectivity index (χ3n) is 3.30. The quantitative estimate of drug-likeness (QED) is 0.798. The van der Waals surface area contributed by atoms with E-state index in [-0.39, 0.29) is 6.61 Å². The predicted molar refractivity (Wildman–Crippen MR) is 77.7 cm³/mol. The van der Waals surface area contributed by atoms with Crippen LogP contribution in [0.1, 0.15) is 27.7 Å². The van der Waals surface area contributed by atoms with Gasteiger partial charge in [-0.2, -0.15) is 5.26 Å². The zero-order chi connectivity index (χ0) is 15.4. The van der Waals surface area contributed by atoms with Gasteiger partial charge in [0.25, 0.3) is 0 Å². The first-order chi connectivity index (χ1) is 10.1. The number of alkyl halides is 1. The van der Waals surface area contributed by atoms with Crippen molar-refractivity contribution in [2.24, 2.45) is 0 Å². The molecule has 114 valence electrons. The van der Waals surface area contributed by atoms with Crippen molar-refractivity contribution in [1.82, 2.24) is 0 Å². The Morgan fingerprint density at radius 2 is 2.43 bits per heavy atom. The minimum atomic E-state index is -0.562. The van der Waals surface area contributed by atoms with E-state index in [0.717, 1.165) is 0 Å². The number of anilines is 1. The van der Waals surface area contributed by atoms with Crippen molar-refractivity contribution >= 4 is 22.3 Å². The lowest BCUT2D eigenvalue weighted by Crippen LogP contribution is -2.43. The molecule has 7 heteroatoms. The number of ether oxygens (including phenoxy) is 2. The number of carbonyl (C=O) groups is 1. The number of halogens is 1. The molecule has 1 saturated heterocycles. The maximum absolute atomic E-state index is 12.8. The number of nitrogens with zero attached hydrogens (tertiary/aromatic N) is 2. The van der Waals surface area contributed by atoms with E-state index in [1.807, 2.05) is 4.90 Å². The van der Waals surface area contributed by atoms with Gasteiger partial charge in [-0.25, -0.2) is 9.18 Å². The highest BCUT2D eigenvalue weighted by Gasteiger charge is 2.28. The fraction of sp³-hybridized carbons (Fsp3) is 0.571. The Bertz CT molecular complexity index is 567. The van der Waals surface area contributed by atoms with E-state index in [4.69, 9.17) is 9.47 Å². The summed E-state index contributed by atoms with van der Waals surface area (Å²) < 4.78 is 23.1. The van der Waals surface area contributed by atoms with Crippen LogP contribution in [0, 0.1) is 18.3 Å². The SMILES string of the molecule is CCOC(=O)c1sc(N2CCOC(CF)C2)c(C#N)c1C. The zero-order valence-corrected chi connectivity index (χ0v) is 12.8. The largest absolute Gasteiger partial charge is 0.462 e. The molecule has 0 radical (unpaired) electrons. The molecular weight excluding hydrogens is 295 g/mol. The molecule has 1 aliphatic rings. The van der Waals surface area contributed by atoms with Crippen LogP contribution < -0.4 is 4.90 Å². The first kappa shape index (κ1) is 15.7. The van der Waals surface area contributed by atoms with Crippen LogP contribution in [0.5, 0.6) is 0 Å². The molecule has 0 bridgehead atoms. The van der Waals surface area contributed by atoms with Gasteiger partial charge in [-0.15, -0.1) is 11.3 Å². The van der Waals surface area contributed by atoms with Crippen LogP contribution in [0.2, 0.25) is 0 Å². The summed E-state index contributed by atoms with van der Waals surface area (Å²) in [5.41, 5.74) is 1.09. The molecule has 5 nitrogen and oxygen atoms in total. The Morgan fingerprint density at radius 1 is 1.67 bits per heavy atom. The van der Waals surface area contributed by atoms with Crippen molar-refractivity contribution in [2.75, 3.05) is 37.9 Å². The Morgan fingerprint density at radius 3 is 3.05 bits per heavy atom. The Labute approximate surface area is 126 Å². The Kier molecular flexibility index (Phi) is 5.15. The topological polar surface area (TPSA) is 62.6 Å². The summed E-state index contributed by atoms with van der Waals surface area (Å²) in [6, 6.07) is 2.14. The van der Waals surface area contributed by atoms with Gasteiger partial charge in [0, 0.05) is 13.1 Å². The molecule has 2 rings (SSSR count). The molecule has 1 unspecified atom stereocenters. The lowest BCUT2D eigenvalue weighted by atomic mass is 10.1. The number of thiophene rings is 1. The van der Waals surface area contributed by atoms with Crippen molar-refractivity contribution in [3.05, 3.63) is 16.0 Å². The second kappa shape index (κ2) is 6.87. The number of hydrogen-bond donors (Lipinski definition) is 0. The number of esters is 1. The van der Waals surface area contributed by atoms with Crippen LogP contribution in [0.4, 0.5) is 9.39 Å². The third kappa shape index (κ3) is 3.17. The Hall–Kier alpha value is -1.65. The van der Waals surface area contributed by atoms with Crippen LogP contribution in [-0.2, 0) is 9.47 Å². The van der Waals surface area contributed by atoms with Crippen LogP contribution in [0.3, 0.4) is 0 Å². The van der Waals surface area contributed by atoms with E-state index < -0.39 is 18.7 Å². The monoisotopic (exact) mass is 312 g/mol. The maximum atomic E-state index is 12.8. The van der Waals surface area contributed by atoms with Crippen molar-refractivity contribution in [3.63, 3.8) is 0 Å². The summed E-state index contributed by atoms with van der Waals surface area (Å²) in [4.78, 5) is 14.3. The number of morpholine rings is 1. The van der Waals surface area contributed by atoms with Gasteiger partial charge in [-0.1, -0.05) is 0 Å². The number of rotatable bonds is 4. The van der Waals surface area contributed by atoms with Crippen LogP contribution >= 0.6 is 11.3 Å². The van der Waals surface area contributed by atoms with Crippen molar-refractivity contribution in [1.29, 1.82) is 5.26 Å². The summed E-state index contributed by atoms with van der Waals surface area (Å²) in [6.07, 6.45) is -0.487. The first-order valence-corrected chi connectivity index (χ1v) is 7.57. The Balaban J connectivity index is 2.33. The summed E-state index contributed by atoms with van der Waals surface area (Å²) in [5.74, 6) is -0.418. The molecule has 1 aromatic rings. The van der Waals surface area contributed by atoms with Crippen molar-refractivity contribution in [2.45, 2.75) is 20.0 Å². The van der Waals surface area contributed by atoms with Gasteiger partial charge < -0.3 is 14.4 Å². The van der Waals surface area contributed by atoms with Crippen molar-refractivity contribution in [3.8, 4) is 6.07 Å². The lowest BCUT2D eigenvalue weighted by Gasteiger charge is -2.32. The molecule has 1 aromatic heterocycles. The molecule has 0 spiro atoms. The minimum absolute atomic E-state index is 0.287. The van der Waals surface area contributed by atoms with Gasteiger partial charge >= 0.3 is 5.97 Å². The number of nitriles is 1. The average Bonchev–Trinajstić information content (AvgIpc) is 2.84. The van der Waals surface area contributed by atoms with E-state index in [2.05, 4.69) is 6.07 Å². The standard InChI is InChI=1S/C14H17FN2O3S/c1-3-19-14(18)12-9(2)11(7-16)13(21-12)17-4-5-20-10(6-15)8-17/h10H,3-6,8H2,1-2H3. The molecular formula is C14H17FN2O3S. The smallest absolute Gasteiger partial charge is 0.348 e. The number of hydrogen-bond acceptors (Lipinski definition) is 6. The fourth-order valence-corrected chi connectivity index (χ4v) is 3.43. The molecule has 2 heterocycles. The van der Waals surface area contributed by atoms with Gasteiger partial charge in [0.05, 0.1) is 18.8 Å². The molecule has 0 N–H and O–H groups in total. The van der Waals surface area contributed by atoms with Gasteiger partial charge in [-0.05, 0) is 19.4 Å². The van der Waals surface area contributed by atoms with E-state index in [1.54, 1.807) is 13.8 Å². The molecule has 0 saturated carbocycles. The van der Waals surface area contributed by atoms with E-state index in [9.17, 15) is 14.4 Å². The third-order valence-corrected chi connectivity index (χ3v) is 4.63. The predicted octanol–water partition coefficient (Wildman–Crippen LogP) is 2.28. The van der Waals surface area contributed by atoms with Crippen LogP contribution in [0.25, 0.3) is 0 Å². The molecule has 0 amide bonds. The minimum Gasteiger partial charge on any atom is -0.462 e. The zero-order valence-electron chi connectivity index (χ0n) is 12.0. The van der Waals surface area contributed by atoms with E-state index >= 15 is 0 Å². The summed E-state index contributed by atoms with van der Waals surface area (Å²) in [6.45, 7) is 4.56. The number of carbonyl (C=O) groups excluding carboxylic acids is 1. The summed E-state index contributed by atoms with van der Waals surface area (Å²) in [7, 11) is 0. The molecule has 1 aliphatic heterocycles. The summed E-state index contributed by atoms with van der Waals surface area (Å²) >= 11 is 1.23. The molecule has 0 aliphatic carbocycles. The molecule has 1 fully saturated rings. The highest BCUT2D eigenvalue weighted by atomic mass is 32.1. The first-order valence-electron chi connectivity index (χ1n) is 6.75. The van der Waals surface area contributed by atoms with Crippen LogP contribution in [-0.4, -0.2) is 45.1 Å². The van der Waals surface area contributed by atoms with Gasteiger partial charge in [0.2, 0.25) is 0 Å². The summed E-state index contributed by atoms with van der Waals surface area (Å²) in [5, 5.41) is 10.0. The highest BCUT2D eigenvalue weighted by Crippen LogP contribution is 2.36. The maximum Gasteiger partial charge on any atom is 0.348 e. The fourth-order valence-electron chi connectivity index (χ4n) is 2.24. The lowest BCUT2D eigenvalue weighted by molar-refractivity contribution is 0.0249. The van der Waals surface area contributed by atoms with Crippen molar-refractivity contribution < 1.29 is 18.7 Å². The van der Waals surface area contributed by atoms with Crippen LogP contribution in [0.15, 0.2) is 0 Å². The van der Waals surface area contributed by atoms with E-state index in [1.165, 1.54) is 11.3 Å². The second-order valence-electron chi connectivity index (χ2n) is 4.66. The normalized spacial score (nSPS) is 18.4. The molecule has 21 heavy (non-hydrogen) atoms. The van der Waals surface area contributed by atoms with Gasteiger partial charge in [0.1, 0.15) is 28.7 Å². The van der Waals surface area contributed by atoms with E-state index in [0.29, 0.717) is 40.7 Å². The van der Waals surface area contributed by atoms with Gasteiger partial charge in [0.15, 0.2) is 0 Å². The average molecular weight is 312 g/mol. The molecule has 1 atom stereocenters. The molecule has 0 aromatic carbocycles. The second-order valence-corrected chi connectivity index (χ2v) is 5.66. The highest BCUT2D eigenvalue weighted by molar-refractivity contribution is 7.18.